The van der Waals surface area contributed by atoms with Crippen LogP contribution in [-0.4, -0.2) is 29.0 Å². The zero-order chi connectivity index (χ0) is 18.0. The Kier molecular flexibility index (Phi) is 4.82. The summed E-state index contributed by atoms with van der Waals surface area (Å²) in [4.78, 5) is 17.5. The Balaban J connectivity index is 2.11. The number of amides is 1. The number of benzene rings is 1. The lowest BCUT2D eigenvalue weighted by Crippen LogP contribution is -2.13. The van der Waals surface area contributed by atoms with Gasteiger partial charge in [0.2, 0.25) is 4.80 Å². The van der Waals surface area contributed by atoms with E-state index in [4.69, 9.17) is 5.73 Å². The average molecular weight is 372 g/mol. The van der Waals surface area contributed by atoms with E-state index in [9.17, 15) is 9.90 Å². The average Bonchev–Trinajstić information content (AvgIpc) is 3.18. The number of primary amides is 1. The standard InChI is InChI=1S/C17H16N4O2S2/c1-10-5-6-24-15(10)8-20-21-13(9-25-17(21)19-2)11-3-4-14(22)12(7-11)16(18)23/h3-9,22H,1-2H3,(H2,18,23)/b19-17?,20-8+. The number of rotatable bonds is 4. The van der Waals surface area contributed by atoms with Crippen molar-refractivity contribution in [3.05, 3.63) is 55.8 Å². The second-order valence-corrected chi connectivity index (χ2v) is 7.03. The highest BCUT2D eigenvalue weighted by Gasteiger charge is 2.13. The molecular formula is C17H16N4O2S2. The van der Waals surface area contributed by atoms with Gasteiger partial charge in [-0.3, -0.25) is 9.79 Å². The van der Waals surface area contributed by atoms with E-state index in [0.29, 0.717) is 4.80 Å². The van der Waals surface area contributed by atoms with E-state index in [-0.39, 0.29) is 11.3 Å². The number of thiazole rings is 1. The monoisotopic (exact) mass is 372 g/mol. The molecule has 3 aromatic rings. The van der Waals surface area contributed by atoms with Crippen molar-refractivity contribution in [1.82, 2.24) is 4.68 Å². The topological polar surface area (TPSA) is 93.0 Å². The quantitative estimate of drug-likeness (QED) is 0.689. The number of carbonyl (C=O) groups excluding carboxylic acids is 1. The maximum absolute atomic E-state index is 11.5. The third-order valence-corrected chi connectivity index (χ3v) is 5.49. The van der Waals surface area contributed by atoms with Gasteiger partial charge in [0, 0.05) is 18.0 Å². The van der Waals surface area contributed by atoms with Crippen LogP contribution in [0, 0.1) is 6.92 Å². The lowest BCUT2D eigenvalue weighted by atomic mass is 10.1. The van der Waals surface area contributed by atoms with Crippen molar-refractivity contribution in [2.75, 3.05) is 7.05 Å². The SMILES string of the molecule is CN=c1scc(-c2ccc(O)c(C(N)=O)c2)n1/N=C/c1sccc1C. The fourth-order valence-corrected chi connectivity index (χ4v) is 3.86. The van der Waals surface area contributed by atoms with Crippen molar-refractivity contribution >= 4 is 34.8 Å². The molecule has 0 aliphatic heterocycles. The smallest absolute Gasteiger partial charge is 0.252 e. The Hall–Kier alpha value is -2.71. The molecule has 25 heavy (non-hydrogen) atoms. The fourth-order valence-electron chi connectivity index (χ4n) is 2.28. The molecule has 0 fully saturated rings. The van der Waals surface area contributed by atoms with Gasteiger partial charge in [0.1, 0.15) is 5.75 Å². The summed E-state index contributed by atoms with van der Waals surface area (Å²) in [5.74, 6) is -0.824. The van der Waals surface area contributed by atoms with Gasteiger partial charge in [-0.25, -0.2) is 4.68 Å². The molecular weight excluding hydrogens is 356 g/mol. The fraction of sp³-hybridized carbons (Fsp3) is 0.118. The van der Waals surface area contributed by atoms with Crippen molar-refractivity contribution < 1.29 is 9.90 Å². The molecule has 0 saturated carbocycles. The first-order valence-corrected chi connectivity index (χ1v) is 9.12. The molecule has 3 N–H and O–H groups in total. The van der Waals surface area contributed by atoms with E-state index >= 15 is 0 Å². The summed E-state index contributed by atoms with van der Waals surface area (Å²) in [5.41, 5.74) is 8.03. The number of carbonyl (C=O) groups is 1. The Morgan fingerprint density at radius 2 is 2.12 bits per heavy atom. The molecule has 0 bridgehead atoms. The van der Waals surface area contributed by atoms with Crippen LogP contribution in [0.5, 0.6) is 5.75 Å². The molecule has 8 heteroatoms. The van der Waals surface area contributed by atoms with E-state index in [2.05, 4.69) is 10.1 Å². The molecule has 1 aromatic carbocycles. The molecule has 0 aliphatic rings. The molecule has 3 rings (SSSR count). The number of nitrogens with two attached hydrogens (primary N) is 1. The van der Waals surface area contributed by atoms with Gasteiger partial charge in [-0.15, -0.1) is 22.7 Å². The van der Waals surface area contributed by atoms with Gasteiger partial charge in [0.05, 0.1) is 22.3 Å². The molecule has 0 atom stereocenters. The highest BCUT2D eigenvalue weighted by atomic mass is 32.1. The molecule has 2 aromatic heterocycles. The highest BCUT2D eigenvalue weighted by Crippen LogP contribution is 2.26. The van der Waals surface area contributed by atoms with Gasteiger partial charge in [0.25, 0.3) is 5.91 Å². The third kappa shape index (κ3) is 3.40. The van der Waals surface area contributed by atoms with E-state index in [1.54, 1.807) is 41.4 Å². The van der Waals surface area contributed by atoms with Crippen LogP contribution in [0.15, 0.2) is 45.1 Å². The summed E-state index contributed by atoms with van der Waals surface area (Å²) in [7, 11) is 1.70. The van der Waals surface area contributed by atoms with Crippen molar-refractivity contribution in [2.24, 2.45) is 15.8 Å². The minimum atomic E-state index is -0.681. The van der Waals surface area contributed by atoms with Gasteiger partial charge in [-0.1, -0.05) is 0 Å². The Morgan fingerprint density at radius 1 is 1.32 bits per heavy atom. The van der Waals surface area contributed by atoms with Crippen molar-refractivity contribution in [3.63, 3.8) is 0 Å². The summed E-state index contributed by atoms with van der Waals surface area (Å²) < 4.78 is 1.71. The van der Waals surface area contributed by atoms with E-state index in [0.717, 1.165) is 21.7 Å². The molecule has 0 aliphatic carbocycles. The van der Waals surface area contributed by atoms with Crippen LogP contribution >= 0.6 is 22.7 Å². The molecule has 0 saturated heterocycles. The van der Waals surface area contributed by atoms with Crippen molar-refractivity contribution in [3.8, 4) is 17.0 Å². The zero-order valence-electron chi connectivity index (χ0n) is 13.6. The summed E-state index contributed by atoms with van der Waals surface area (Å²) in [6, 6.07) is 6.76. The molecule has 0 spiro atoms. The predicted octanol–water partition coefficient (Wildman–Crippen LogP) is 2.80. The van der Waals surface area contributed by atoms with Crippen LogP contribution in [0.4, 0.5) is 0 Å². The largest absolute Gasteiger partial charge is 0.507 e. The minimum Gasteiger partial charge on any atom is -0.507 e. The second-order valence-electron chi connectivity index (χ2n) is 5.25. The molecule has 0 unspecified atom stereocenters. The Morgan fingerprint density at radius 3 is 2.76 bits per heavy atom. The van der Waals surface area contributed by atoms with Crippen LogP contribution in [0.2, 0.25) is 0 Å². The van der Waals surface area contributed by atoms with Crippen LogP contribution in [-0.2, 0) is 0 Å². The van der Waals surface area contributed by atoms with Gasteiger partial charge in [-0.05, 0) is 42.1 Å². The Bertz CT molecular complexity index is 1030. The summed E-state index contributed by atoms with van der Waals surface area (Å²) >= 11 is 3.05. The van der Waals surface area contributed by atoms with Crippen molar-refractivity contribution in [1.29, 1.82) is 0 Å². The molecule has 6 nitrogen and oxygen atoms in total. The van der Waals surface area contributed by atoms with Crippen LogP contribution < -0.4 is 10.5 Å². The molecule has 1 amide bonds. The number of hydrogen-bond donors (Lipinski definition) is 2. The van der Waals surface area contributed by atoms with E-state index in [1.165, 1.54) is 17.4 Å². The normalized spacial score (nSPS) is 12.2. The highest BCUT2D eigenvalue weighted by molar-refractivity contribution is 7.11. The first-order chi connectivity index (χ1) is 12.0. The Labute approximate surface area is 152 Å². The summed E-state index contributed by atoms with van der Waals surface area (Å²) in [5, 5.41) is 18.2. The molecule has 128 valence electrons. The summed E-state index contributed by atoms with van der Waals surface area (Å²) in [6.07, 6.45) is 1.79. The number of phenols is 1. The minimum absolute atomic E-state index is 0.0725. The number of hydrogen-bond acceptors (Lipinski definition) is 6. The number of thiophene rings is 1. The molecule has 2 heterocycles. The van der Waals surface area contributed by atoms with Gasteiger partial charge in [-0.2, -0.15) is 5.10 Å². The zero-order valence-corrected chi connectivity index (χ0v) is 15.3. The second kappa shape index (κ2) is 7.04. The van der Waals surface area contributed by atoms with Crippen LogP contribution in [0.25, 0.3) is 11.3 Å². The number of aromatic hydroxyl groups is 1. The van der Waals surface area contributed by atoms with E-state index in [1.807, 2.05) is 23.8 Å². The predicted molar refractivity (Wildman–Crippen MR) is 101 cm³/mol. The first-order valence-electron chi connectivity index (χ1n) is 7.36. The van der Waals surface area contributed by atoms with Crippen LogP contribution in [0.1, 0.15) is 20.8 Å². The van der Waals surface area contributed by atoms with Gasteiger partial charge >= 0.3 is 0 Å². The lowest BCUT2D eigenvalue weighted by molar-refractivity contribution is 0.0998. The first kappa shape index (κ1) is 17.1. The lowest BCUT2D eigenvalue weighted by Gasteiger charge is -2.06. The van der Waals surface area contributed by atoms with E-state index < -0.39 is 5.91 Å². The van der Waals surface area contributed by atoms with Crippen LogP contribution in [0.3, 0.4) is 0 Å². The molecule has 0 radical (unpaired) electrons. The number of nitrogens with zero attached hydrogens (tertiary/aromatic N) is 3. The maximum Gasteiger partial charge on any atom is 0.252 e. The maximum atomic E-state index is 11.5. The number of aromatic nitrogens is 1. The number of aryl methyl sites for hydroxylation is 1. The summed E-state index contributed by atoms with van der Waals surface area (Å²) in [6.45, 7) is 2.03. The van der Waals surface area contributed by atoms with Gasteiger partial charge in [0.15, 0.2) is 0 Å². The van der Waals surface area contributed by atoms with Crippen molar-refractivity contribution in [2.45, 2.75) is 6.92 Å². The third-order valence-electron chi connectivity index (χ3n) is 3.63. The van der Waals surface area contributed by atoms with Gasteiger partial charge < -0.3 is 10.8 Å².